The van der Waals surface area contributed by atoms with E-state index in [0.29, 0.717) is 29.9 Å². The van der Waals surface area contributed by atoms with E-state index in [1.165, 1.54) is 11.2 Å². The molecule has 2 aromatic heterocycles. The third kappa shape index (κ3) is 2.95. The van der Waals surface area contributed by atoms with Crippen molar-refractivity contribution in [2.24, 2.45) is 0 Å². The highest BCUT2D eigenvalue weighted by Gasteiger charge is 2.64. The molecule has 11 heteroatoms. The van der Waals surface area contributed by atoms with Gasteiger partial charge in [0.2, 0.25) is 6.41 Å². The Kier molecular flexibility index (Phi) is 4.84. The second-order valence-electron chi connectivity index (χ2n) is 7.32. The molecule has 2 bridgehead atoms. The number of nitrogens with zero attached hydrogens (tertiary/aromatic N) is 5. The lowest BCUT2D eigenvalue weighted by atomic mass is 10.1. The Bertz CT molecular complexity index is 1110. The Labute approximate surface area is 185 Å². The fourth-order valence-electron chi connectivity index (χ4n) is 3.97. The fourth-order valence-corrected chi connectivity index (χ4v) is 4.57. The summed E-state index contributed by atoms with van der Waals surface area (Å²) in [6, 6.07) is 8.18. The van der Waals surface area contributed by atoms with Gasteiger partial charge in [-0.2, -0.15) is 0 Å². The summed E-state index contributed by atoms with van der Waals surface area (Å²) in [5, 5.41) is 14.0. The number of hydrogen-bond donors (Lipinski definition) is 2. The molecule has 10 nitrogen and oxygen atoms in total. The van der Waals surface area contributed by atoms with Gasteiger partial charge in [-0.05, 0) is 40.3 Å². The summed E-state index contributed by atoms with van der Waals surface area (Å²) < 4.78 is 14.7. The highest BCUT2D eigenvalue weighted by molar-refractivity contribution is 14.1. The molecule has 0 radical (unpaired) electrons. The minimum Gasteiger partial charge on any atom is -0.385 e. The third-order valence-corrected chi connectivity index (χ3v) is 6.27. The van der Waals surface area contributed by atoms with Crippen LogP contribution in [-0.2, 0) is 20.8 Å². The summed E-state index contributed by atoms with van der Waals surface area (Å²) in [5.41, 5.74) is 1.04. The molecule has 5 rings (SSSR count). The average molecular weight is 522 g/mol. The van der Waals surface area contributed by atoms with Crippen LogP contribution < -0.4 is 5.32 Å². The molecule has 0 saturated carbocycles. The number of aliphatic hydroxyl groups excluding tert-OH is 1. The third-order valence-electron chi connectivity index (χ3n) is 5.60. The second-order valence-corrected chi connectivity index (χ2v) is 8.57. The van der Waals surface area contributed by atoms with Gasteiger partial charge < -0.3 is 24.8 Å². The number of carbonyl (C=O) groups is 1. The zero-order valence-electron chi connectivity index (χ0n) is 16.0. The maximum absolute atomic E-state index is 11.3. The van der Waals surface area contributed by atoms with E-state index in [1.54, 1.807) is 17.9 Å². The van der Waals surface area contributed by atoms with Crippen molar-refractivity contribution in [1.82, 2.24) is 24.4 Å². The summed E-state index contributed by atoms with van der Waals surface area (Å²) in [4.78, 5) is 25.8. The van der Waals surface area contributed by atoms with Gasteiger partial charge in [-0.15, -0.1) is 0 Å². The van der Waals surface area contributed by atoms with E-state index in [0.717, 1.165) is 9.13 Å². The minimum absolute atomic E-state index is 0.106. The van der Waals surface area contributed by atoms with Crippen molar-refractivity contribution in [2.75, 3.05) is 19.0 Å². The number of fused-ring (bicyclic) bond motifs is 3. The number of amides is 1. The van der Waals surface area contributed by atoms with Crippen molar-refractivity contribution >= 4 is 46.0 Å². The van der Waals surface area contributed by atoms with E-state index < -0.39 is 24.2 Å². The van der Waals surface area contributed by atoms with Crippen LogP contribution in [0.5, 0.6) is 0 Å². The molecule has 1 amide bonds. The predicted molar refractivity (Wildman–Crippen MR) is 114 cm³/mol. The first-order chi connectivity index (χ1) is 14.5. The maximum Gasteiger partial charge on any atom is 0.211 e. The Hall–Kier alpha value is -2.35. The molecule has 2 aliphatic rings. The molecule has 30 heavy (non-hydrogen) atoms. The van der Waals surface area contributed by atoms with Gasteiger partial charge in [0, 0.05) is 17.2 Å². The van der Waals surface area contributed by atoms with Crippen molar-refractivity contribution in [2.45, 2.75) is 30.7 Å². The van der Waals surface area contributed by atoms with E-state index in [1.807, 2.05) is 18.2 Å². The van der Waals surface area contributed by atoms with Crippen LogP contribution in [0.3, 0.4) is 0 Å². The van der Waals surface area contributed by atoms with Gasteiger partial charge in [0.05, 0.1) is 12.9 Å². The molecule has 156 valence electrons. The Morgan fingerprint density at radius 3 is 3.10 bits per heavy atom. The molecule has 3 aromatic rings. The molecule has 2 aliphatic heterocycles. The predicted octanol–water partition coefficient (Wildman–Crippen LogP) is 1.12. The number of aliphatic hydroxyl groups is 1. The molecular formula is C19H19IN6O4. The van der Waals surface area contributed by atoms with Crippen LogP contribution in [0.4, 0.5) is 5.82 Å². The fraction of sp³-hybridized carbons (Fsp3) is 0.368. The average Bonchev–Trinajstić information content (AvgIpc) is 3.42. The summed E-state index contributed by atoms with van der Waals surface area (Å²) >= 11 is 2.28. The number of carbonyl (C=O) groups excluding carboxylic acids is 1. The molecule has 4 heterocycles. The summed E-state index contributed by atoms with van der Waals surface area (Å²) in [6.45, 7) is 0.697. The standard InChI is InChI=1S/C19H19IN6O4/c1-25(10-27)19-7-29-14(15(19)28)18(30-19)26-9-24-13-16(22-8-23-17(13)26)21-6-11-3-2-4-12(20)5-11/h2-5,8-10,14-15,18,28H,6-7H2,1H3,(H,21,22,23)/t14-,15+,18-,19-/m1/s1. The van der Waals surface area contributed by atoms with E-state index in [-0.39, 0.29) is 6.61 Å². The van der Waals surface area contributed by atoms with Crippen LogP contribution in [0, 0.1) is 3.57 Å². The molecule has 0 spiro atoms. The van der Waals surface area contributed by atoms with Crippen LogP contribution >= 0.6 is 22.6 Å². The van der Waals surface area contributed by atoms with E-state index in [4.69, 9.17) is 9.47 Å². The van der Waals surface area contributed by atoms with Crippen LogP contribution in [0.2, 0.25) is 0 Å². The number of imidazole rings is 1. The lowest BCUT2D eigenvalue weighted by Crippen LogP contribution is -2.53. The highest BCUT2D eigenvalue weighted by atomic mass is 127. The zero-order valence-corrected chi connectivity index (χ0v) is 18.1. The van der Waals surface area contributed by atoms with Gasteiger partial charge in [-0.1, -0.05) is 12.1 Å². The SMILES string of the molecule is CN(C=O)[C@]12CO[C@@H]([C@H](n3cnc4c(NCc5cccc(I)c5)ncnc43)O1)[C@@H]2O. The Morgan fingerprint density at radius 2 is 2.30 bits per heavy atom. The molecular weight excluding hydrogens is 503 g/mol. The first-order valence-corrected chi connectivity index (χ1v) is 10.4. The largest absolute Gasteiger partial charge is 0.385 e. The van der Waals surface area contributed by atoms with Crippen molar-refractivity contribution in [3.63, 3.8) is 0 Å². The number of anilines is 1. The van der Waals surface area contributed by atoms with Crippen LogP contribution in [0.25, 0.3) is 11.2 Å². The van der Waals surface area contributed by atoms with E-state index in [2.05, 4.69) is 48.9 Å². The number of benzene rings is 1. The first-order valence-electron chi connectivity index (χ1n) is 9.35. The smallest absolute Gasteiger partial charge is 0.211 e. The van der Waals surface area contributed by atoms with Gasteiger partial charge in [0.1, 0.15) is 18.5 Å². The van der Waals surface area contributed by atoms with Crippen molar-refractivity contribution < 1.29 is 19.4 Å². The lowest BCUT2D eigenvalue weighted by molar-refractivity contribution is -0.222. The van der Waals surface area contributed by atoms with Gasteiger partial charge >= 0.3 is 0 Å². The number of halogens is 1. The number of hydrogen-bond acceptors (Lipinski definition) is 8. The number of aromatic nitrogens is 4. The number of likely N-dealkylation sites (N-methyl/N-ethyl adjacent to an activating group) is 1. The quantitative estimate of drug-likeness (QED) is 0.366. The molecule has 0 aliphatic carbocycles. The Morgan fingerprint density at radius 1 is 1.43 bits per heavy atom. The Balaban J connectivity index is 1.44. The minimum atomic E-state index is -1.22. The second kappa shape index (κ2) is 7.41. The summed E-state index contributed by atoms with van der Waals surface area (Å²) in [7, 11) is 1.56. The van der Waals surface area contributed by atoms with Crippen molar-refractivity contribution in [3.8, 4) is 0 Å². The van der Waals surface area contributed by atoms with Gasteiger partial charge in [0.15, 0.2) is 28.9 Å². The number of nitrogens with one attached hydrogen (secondary N) is 1. The topological polar surface area (TPSA) is 115 Å². The molecule has 2 N–H and O–H groups in total. The van der Waals surface area contributed by atoms with Crippen molar-refractivity contribution in [3.05, 3.63) is 46.1 Å². The summed E-state index contributed by atoms with van der Waals surface area (Å²) in [6.07, 6.45) is 1.39. The number of rotatable bonds is 6. The first kappa shape index (κ1) is 19.6. The van der Waals surface area contributed by atoms with Crippen LogP contribution in [0.15, 0.2) is 36.9 Å². The summed E-state index contributed by atoms with van der Waals surface area (Å²) in [5.74, 6) is 0.599. The maximum atomic E-state index is 11.3. The molecule has 2 fully saturated rings. The van der Waals surface area contributed by atoms with E-state index >= 15 is 0 Å². The van der Waals surface area contributed by atoms with Gasteiger partial charge in [0.25, 0.3) is 0 Å². The lowest BCUT2D eigenvalue weighted by Gasteiger charge is -2.36. The monoisotopic (exact) mass is 522 g/mol. The van der Waals surface area contributed by atoms with Crippen molar-refractivity contribution in [1.29, 1.82) is 0 Å². The van der Waals surface area contributed by atoms with Gasteiger partial charge in [-0.25, -0.2) is 15.0 Å². The molecule has 4 atom stereocenters. The normalized spacial score (nSPS) is 27.5. The molecule has 1 aromatic carbocycles. The molecule has 2 saturated heterocycles. The van der Waals surface area contributed by atoms with Crippen LogP contribution in [-0.4, -0.2) is 67.5 Å². The highest BCUT2D eigenvalue weighted by Crippen LogP contribution is 2.46. The molecule has 0 unspecified atom stereocenters. The van der Waals surface area contributed by atoms with E-state index in [9.17, 15) is 9.90 Å². The van der Waals surface area contributed by atoms with Crippen LogP contribution in [0.1, 0.15) is 11.8 Å². The number of ether oxygens (including phenoxy) is 2. The zero-order chi connectivity index (χ0) is 20.9. The van der Waals surface area contributed by atoms with Gasteiger partial charge in [-0.3, -0.25) is 9.36 Å².